The molecule has 0 fully saturated rings. The first-order valence-corrected chi connectivity index (χ1v) is 4.42. The Morgan fingerprint density at radius 3 is 2.29 bits per heavy atom. The Balaban J connectivity index is 2.90. The van der Waals surface area contributed by atoms with Gasteiger partial charge in [0, 0.05) is 11.3 Å². The molecule has 0 saturated carbocycles. The molecule has 0 bridgehead atoms. The summed E-state index contributed by atoms with van der Waals surface area (Å²) in [5.74, 6) is -0.0396. The van der Waals surface area contributed by atoms with E-state index >= 15 is 0 Å². The second kappa shape index (κ2) is 4.51. The largest absolute Gasteiger partial charge is 0.294 e. The summed E-state index contributed by atoms with van der Waals surface area (Å²) in [5.41, 5.74) is 1.98. The SMILES string of the molecule is C=C(C(C)=O)C(C)=Nc1ccccc1. The summed E-state index contributed by atoms with van der Waals surface area (Å²) in [6, 6.07) is 9.51. The van der Waals surface area contributed by atoms with Crippen molar-refractivity contribution in [2.45, 2.75) is 13.8 Å². The minimum atomic E-state index is -0.0396. The number of carbonyl (C=O) groups is 1. The Labute approximate surface area is 84.0 Å². The van der Waals surface area contributed by atoms with Gasteiger partial charge < -0.3 is 0 Å². The van der Waals surface area contributed by atoms with Crippen LogP contribution in [-0.4, -0.2) is 11.5 Å². The van der Waals surface area contributed by atoms with Gasteiger partial charge in [-0.15, -0.1) is 0 Å². The van der Waals surface area contributed by atoms with Crippen molar-refractivity contribution >= 4 is 17.2 Å². The predicted molar refractivity (Wildman–Crippen MR) is 59.0 cm³/mol. The molecule has 0 N–H and O–H groups in total. The highest BCUT2D eigenvalue weighted by Crippen LogP contribution is 2.12. The lowest BCUT2D eigenvalue weighted by Gasteiger charge is -2.00. The standard InChI is InChI=1S/C12H13NO/c1-9(11(3)14)10(2)13-12-7-5-4-6-8-12/h4-8H,1H2,2-3H3. The number of allylic oxidation sites excluding steroid dienone is 1. The lowest BCUT2D eigenvalue weighted by Crippen LogP contribution is -2.04. The van der Waals surface area contributed by atoms with Crippen LogP contribution >= 0.6 is 0 Å². The van der Waals surface area contributed by atoms with Crippen LogP contribution in [0.15, 0.2) is 47.5 Å². The molecule has 0 aromatic heterocycles. The number of hydrogen-bond donors (Lipinski definition) is 0. The quantitative estimate of drug-likeness (QED) is 0.528. The van der Waals surface area contributed by atoms with Crippen LogP contribution in [0.4, 0.5) is 5.69 Å². The Morgan fingerprint density at radius 2 is 1.79 bits per heavy atom. The maximum Gasteiger partial charge on any atom is 0.161 e. The third-order valence-electron chi connectivity index (χ3n) is 1.91. The molecule has 0 aliphatic carbocycles. The molecule has 0 amide bonds. The van der Waals surface area contributed by atoms with Gasteiger partial charge in [0.25, 0.3) is 0 Å². The fourth-order valence-corrected chi connectivity index (χ4v) is 1.02. The number of nitrogens with zero attached hydrogens (tertiary/aromatic N) is 1. The van der Waals surface area contributed by atoms with Crippen molar-refractivity contribution in [1.82, 2.24) is 0 Å². The van der Waals surface area contributed by atoms with E-state index < -0.39 is 0 Å². The number of hydrogen-bond acceptors (Lipinski definition) is 2. The number of benzene rings is 1. The van der Waals surface area contributed by atoms with Crippen molar-refractivity contribution in [3.8, 4) is 0 Å². The van der Waals surface area contributed by atoms with Crippen LogP contribution in [0.5, 0.6) is 0 Å². The molecule has 0 heterocycles. The zero-order chi connectivity index (χ0) is 10.6. The van der Waals surface area contributed by atoms with E-state index in [0.717, 1.165) is 5.69 Å². The second-order valence-electron chi connectivity index (χ2n) is 3.07. The molecular weight excluding hydrogens is 174 g/mol. The summed E-state index contributed by atoms with van der Waals surface area (Å²) in [5, 5.41) is 0. The lowest BCUT2D eigenvalue weighted by atomic mass is 10.1. The van der Waals surface area contributed by atoms with E-state index in [-0.39, 0.29) is 5.78 Å². The summed E-state index contributed by atoms with van der Waals surface area (Å²) in [6.07, 6.45) is 0. The zero-order valence-electron chi connectivity index (χ0n) is 8.45. The molecule has 2 heteroatoms. The zero-order valence-corrected chi connectivity index (χ0v) is 8.45. The summed E-state index contributed by atoms with van der Waals surface area (Å²) in [7, 11) is 0. The fraction of sp³-hybridized carbons (Fsp3) is 0.167. The van der Waals surface area contributed by atoms with Gasteiger partial charge in [-0.2, -0.15) is 0 Å². The van der Waals surface area contributed by atoms with Gasteiger partial charge in [0.05, 0.1) is 5.69 Å². The van der Waals surface area contributed by atoms with E-state index in [2.05, 4.69) is 11.6 Å². The summed E-state index contributed by atoms with van der Waals surface area (Å²) in [6.45, 7) is 6.95. The molecule has 0 atom stereocenters. The first kappa shape index (κ1) is 10.4. The molecule has 72 valence electrons. The van der Waals surface area contributed by atoms with Crippen molar-refractivity contribution < 1.29 is 4.79 Å². The van der Waals surface area contributed by atoms with E-state index in [1.165, 1.54) is 6.92 Å². The maximum atomic E-state index is 11.0. The normalized spacial score (nSPS) is 11.1. The van der Waals surface area contributed by atoms with Crippen LogP contribution in [0.25, 0.3) is 0 Å². The molecule has 1 rings (SSSR count). The van der Waals surface area contributed by atoms with Gasteiger partial charge in [0.2, 0.25) is 0 Å². The van der Waals surface area contributed by atoms with Crippen LogP contribution in [0.1, 0.15) is 13.8 Å². The number of para-hydroxylation sites is 1. The van der Waals surface area contributed by atoms with E-state index in [0.29, 0.717) is 11.3 Å². The Bertz CT molecular complexity index is 377. The monoisotopic (exact) mass is 187 g/mol. The molecule has 0 aliphatic rings. The highest BCUT2D eigenvalue weighted by molar-refractivity contribution is 6.20. The lowest BCUT2D eigenvalue weighted by molar-refractivity contribution is -0.113. The van der Waals surface area contributed by atoms with E-state index in [1.807, 2.05) is 30.3 Å². The minimum absolute atomic E-state index is 0.0396. The smallest absolute Gasteiger partial charge is 0.161 e. The number of aliphatic imine (C=N–C) groups is 1. The predicted octanol–water partition coefficient (Wildman–Crippen LogP) is 2.92. The molecule has 0 unspecified atom stereocenters. The third-order valence-corrected chi connectivity index (χ3v) is 1.91. The van der Waals surface area contributed by atoms with Crippen LogP contribution in [-0.2, 0) is 4.79 Å². The molecule has 0 aliphatic heterocycles. The number of rotatable bonds is 3. The van der Waals surface area contributed by atoms with Crippen LogP contribution in [0.2, 0.25) is 0 Å². The Morgan fingerprint density at radius 1 is 1.21 bits per heavy atom. The molecule has 0 saturated heterocycles. The highest BCUT2D eigenvalue weighted by atomic mass is 16.1. The summed E-state index contributed by atoms with van der Waals surface area (Å²) >= 11 is 0. The van der Waals surface area contributed by atoms with Gasteiger partial charge in [-0.25, -0.2) is 0 Å². The average molecular weight is 187 g/mol. The van der Waals surface area contributed by atoms with Crippen LogP contribution < -0.4 is 0 Å². The minimum Gasteiger partial charge on any atom is -0.294 e. The summed E-state index contributed by atoms with van der Waals surface area (Å²) in [4.78, 5) is 15.3. The van der Waals surface area contributed by atoms with Crippen LogP contribution in [0.3, 0.4) is 0 Å². The third kappa shape index (κ3) is 2.66. The van der Waals surface area contributed by atoms with Gasteiger partial charge in [-0.3, -0.25) is 9.79 Å². The molecule has 1 aromatic carbocycles. The molecule has 0 spiro atoms. The second-order valence-corrected chi connectivity index (χ2v) is 3.07. The number of carbonyl (C=O) groups excluding carboxylic acids is 1. The molecule has 14 heavy (non-hydrogen) atoms. The summed E-state index contributed by atoms with van der Waals surface area (Å²) < 4.78 is 0. The van der Waals surface area contributed by atoms with Gasteiger partial charge >= 0.3 is 0 Å². The first-order valence-electron chi connectivity index (χ1n) is 4.42. The van der Waals surface area contributed by atoms with Crippen molar-refractivity contribution in [2.75, 3.05) is 0 Å². The molecule has 1 aromatic rings. The number of ketones is 1. The maximum absolute atomic E-state index is 11.0. The average Bonchev–Trinajstić information content (AvgIpc) is 2.18. The first-order chi connectivity index (χ1) is 6.61. The number of Topliss-reactive ketones (excluding diaryl/α,β-unsaturated/α-hetero) is 1. The Hall–Kier alpha value is -1.70. The fourth-order valence-electron chi connectivity index (χ4n) is 1.02. The van der Waals surface area contributed by atoms with Crippen LogP contribution in [0, 0.1) is 0 Å². The van der Waals surface area contributed by atoms with E-state index in [1.54, 1.807) is 6.92 Å². The topological polar surface area (TPSA) is 29.4 Å². The molecule has 0 radical (unpaired) electrons. The van der Waals surface area contributed by atoms with E-state index in [4.69, 9.17) is 0 Å². The van der Waals surface area contributed by atoms with Gasteiger partial charge in [-0.1, -0.05) is 24.8 Å². The van der Waals surface area contributed by atoms with Crippen molar-refractivity contribution in [1.29, 1.82) is 0 Å². The molecule has 2 nitrogen and oxygen atoms in total. The van der Waals surface area contributed by atoms with Gasteiger partial charge in [0.15, 0.2) is 5.78 Å². The van der Waals surface area contributed by atoms with Gasteiger partial charge in [-0.05, 0) is 26.0 Å². The van der Waals surface area contributed by atoms with Crippen molar-refractivity contribution in [2.24, 2.45) is 4.99 Å². The highest BCUT2D eigenvalue weighted by Gasteiger charge is 2.03. The van der Waals surface area contributed by atoms with Crippen molar-refractivity contribution in [3.63, 3.8) is 0 Å². The Kier molecular flexibility index (Phi) is 3.35. The van der Waals surface area contributed by atoms with Gasteiger partial charge in [0.1, 0.15) is 0 Å². The van der Waals surface area contributed by atoms with Crippen molar-refractivity contribution in [3.05, 3.63) is 42.5 Å². The molecular formula is C12H13NO. The van der Waals surface area contributed by atoms with E-state index in [9.17, 15) is 4.79 Å².